The number of amides is 3. The first-order valence-corrected chi connectivity index (χ1v) is 11.2. The van der Waals surface area contributed by atoms with Crippen LogP contribution >= 0.6 is 0 Å². The zero-order chi connectivity index (χ0) is 27.3. The number of aliphatic hydroxyl groups excluding tert-OH is 2. The molecule has 1 rings (SSSR count). The first kappa shape index (κ1) is 30.3. The molecule has 0 aliphatic carbocycles. The summed E-state index contributed by atoms with van der Waals surface area (Å²) in [4.78, 5) is 53.2. The molecule has 14 heteroatoms. The van der Waals surface area contributed by atoms with Crippen LogP contribution in [0.4, 0.5) is 0 Å². The van der Waals surface area contributed by atoms with Crippen molar-refractivity contribution in [1.82, 2.24) is 16.0 Å². The smallest absolute Gasteiger partial charge is 0.328 e. The molecular formula is C22H35N7O7. The SMILES string of the molecule is CC(O)C(NC(=O)C(Cc1ccccc1)NC(=O)C(N)CCCN=C(N)N)C(=O)NC(CO)C(=O)O. The van der Waals surface area contributed by atoms with Crippen LogP contribution in [0.3, 0.4) is 0 Å². The lowest BCUT2D eigenvalue weighted by molar-refractivity contribution is -0.144. The van der Waals surface area contributed by atoms with Crippen molar-refractivity contribution in [2.24, 2.45) is 22.2 Å². The lowest BCUT2D eigenvalue weighted by Crippen LogP contribution is -2.60. The highest BCUT2D eigenvalue weighted by atomic mass is 16.4. The summed E-state index contributed by atoms with van der Waals surface area (Å²) >= 11 is 0. The van der Waals surface area contributed by atoms with Crippen LogP contribution in [0.5, 0.6) is 0 Å². The molecule has 0 radical (unpaired) electrons. The minimum absolute atomic E-state index is 0.0433. The van der Waals surface area contributed by atoms with Crippen LogP contribution in [0.2, 0.25) is 0 Å². The minimum atomic E-state index is -1.63. The average Bonchev–Trinajstić information content (AvgIpc) is 2.82. The first-order chi connectivity index (χ1) is 17.0. The van der Waals surface area contributed by atoms with E-state index in [1.54, 1.807) is 30.3 Å². The van der Waals surface area contributed by atoms with E-state index in [2.05, 4.69) is 15.6 Å². The van der Waals surface area contributed by atoms with Crippen molar-refractivity contribution < 1.29 is 34.5 Å². The summed E-state index contributed by atoms with van der Waals surface area (Å²) in [5, 5.41) is 35.1. The molecule has 0 saturated carbocycles. The summed E-state index contributed by atoms with van der Waals surface area (Å²) in [6.07, 6.45) is -0.726. The number of nitrogens with zero attached hydrogens (tertiary/aromatic N) is 1. The molecule has 0 aliphatic heterocycles. The molecule has 14 nitrogen and oxygen atoms in total. The van der Waals surface area contributed by atoms with Crippen LogP contribution in [-0.4, -0.2) is 88.4 Å². The summed E-state index contributed by atoms with van der Waals surface area (Å²) in [6, 6.07) is 3.40. The molecule has 0 spiro atoms. The van der Waals surface area contributed by atoms with Crippen molar-refractivity contribution in [2.75, 3.05) is 13.2 Å². The molecule has 0 bridgehead atoms. The molecule has 0 aromatic heterocycles. The highest BCUT2D eigenvalue weighted by Crippen LogP contribution is 2.06. The van der Waals surface area contributed by atoms with Crippen molar-refractivity contribution >= 4 is 29.7 Å². The third kappa shape index (κ3) is 10.7. The summed E-state index contributed by atoms with van der Waals surface area (Å²) in [6.45, 7) is 0.597. The summed E-state index contributed by atoms with van der Waals surface area (Å²) < 4.78 is 0. The maximum absolute atomic E-state index is 13.1. The number of carboxylic acids is 1. The number of rotatable bonds is 15. The Bertz CT molecular complexity index is 907. The van der Waals surface area contributed by atoms with Gasteiger partial charge in [-0.05, 0) is 25.3 Å². The van der Waals surface area contributed by atoms with E-state index in [0.29, 0.717) is 12.0 Å². The maximum atomic E-state index is 13.1. The molecule has 0 heterocycles. The number of guanidine groups is 1. The molecule has 0 fully saturated rings. The van der Waals surface area contributed by atoms with Crippen LogP contribution in [-0.2, 0) is 25.6 Å². The van der Waals surface area contributed by atoms with Gasteiger partial charge in [-0.1, -0.05) is 30.3 Å². The largest absolute Gasteiger partial charge is 0.480 e. The van der Waals surface area contributed by atoms with E-state index < -0.39 is 60.6 Å². The molecular weight excluding hydrogens is 474 g/mol. The van der Waals surface area contributed by atoms with Gasteiger partial charge in [-0.25, -0.2) is 4.79 Å². The van der Waals surface area contributed by atoms with E-state index in [1.165, 1.54) is 6.92 Å². The zero-order valence-corrected chi connectivity index (χ0v) is 20.0. The van der Waals surface area contributed by atoms with Crippen LogP contribution in [0.1, 0.15) is 25.3 Å². The molecule has 1 aromatic carbocycles. The lowest BCUT2D eigenvalue weighted by Gasteiger charge is -2.26. The second kappa shape index (κ2) is 15.3. The Balaban J connectivity index is 2.98. The van der Waals surface area contributed by atoms with Crippen LogP contribution in [0.25, 0.3) is 0 Å². The number of aliphatic imine (C=N–C) groups is 1. The monoisotopic (exact) mass is 509 g/mol. The zero-order valence-electron chi connectivity index (χ0n) is 20.0. The Hall–Kier alpha value is -3.75. The van der Waals surface area contributed by atoms with Gasteiger partial charge < -0.3 is 48.5 Å². The lowest BCUT2D eigenvalue weighted by atomic mass is 10.0. The molecule has 0 saturated heterocycles. The number of aliphatic hydroxyl groups is 2. The number of benzene rings is 1. The predicted octanol–water partition coefficient (Wildman–Crippen LogP) is -3.48. The van der Waals surface area contributed by atoms with Crippen LogP contribution < -0.4 is 33.2 Å². The number of aliphatic carboxylic acids is 1. The molecule has 1 aromatic rings. The second-order valence-corrected chi connectivity index (χ2v) is 8.12. The van der Waals surface area contributed by atoms with Crippen molar-refractivity contribution in [3.8, 4) is 0 Å². The van der Waals surface area contributed by atoms with Gasteiger partial charge in [0, 0.05) is 13.0 Å². The van der Waals surface area contributed by atoms with Gasteiger partial charge in [0.25, 0.3) is 0 Å². The van der Waals surface area contributed by atoms with Gasteiger partial charge in [-0.3, -0.25) is 19.4 Å². The molecule has 0 aliphatic rings. The van der Waals surface area contributed by atoms with Gasteiger partial charge in [-0.15, -0.1) is 0 Å². The summed E-state index contributed by atoms with van der Waals surface area (Å²) in [7, 11) is 0. The molecule has 5 atom stereocenters. The van der Waals surface area contributed by atoms with Gasteiger partial charge in [0.05, 0.1) is 18.8 Å². The van der Waals surface area contributed by atoms with Crippen molar-refractivity contribution in [3.05, 3.63) is 35.9 Å². The predicted molar refractivity (Wildman–Crippen MR) is 130 cm³/mol. The van der Waals surface area contributed by atoms with E-state index >= 15 is 0 Å². The van der Waals surface area contributed by atoms with Gasteiger partial charge in [0.2, 0.25) is 17.7 Å². The molecule has 5 unspecified atom stereocenters. The van der Waals surface area contributed by atoms with E-state index in [9.17, 15) is 24.3 Å². The van der Waals surface area contributed by atoms with Gasteiger partial charge in [0.15, 0.2) is 5.96 Å². The van der Waals surface area contributed by atoms with Gasteiger partial charge in [-0.2, -0.15) is 0 Å². The van der Waals surface area contributed by atoms with Crippen molar-refractivity contribution in [1.29, 1.82) is 0 Å². The van der Waals surface area contributed by atoms with Crippen LogP contribution in [0.15, 0.2) is 35.3 Å². The Labute approximate surface area is 208 Å². The third-order valence-corrected chi connectivity index (χ3v) is 5.08. The van der Waals surface area contributed by atoms with E-state index in [1.807, 2.05) is 5.32 Å². The summed E-state index contributed by atoms with van der Waals surface area (Å²) in [5.74, 6) is -4.04. The maximum Gasteiger partial charge on any atom is 0.328 e. The molecule has 36 heavy (non-hydrogen) atoms. The summed E-state index contributed by atoms with van der Waals surface area (Å²) in [5.41, 5.74) is 17.1. The Kier molecular flexibility index (Phi) is 12.9. The first-order valence-electron chi connectivity index (χ1n) is 11.2. The number of carboxylic acid groups (broad SMARTS) is 1. The normalized spacial score (nSPS) is 14.9. The van der Waals surface area contributed by atoms with E-state index in [-0.39, 0.29) is 25.3 Å². The minimum Gasteiger partial charge on any atom is -0.480 e. The van der Waals surface area contributed by atoms with E-state index in [0.717, 1.165) is 0 Å². The number of nitrogens with two attached hydrogens (primary N) is 3. The molecule has 12 N–H and O–H groups in total. The number of carbonyl (C=O) groups excluding carboxylic acids is 3. The Morgan fingerprint density at radius 2 is 1.58 bits per heavy atom. The van der Waals surface area contributed by atoms with E-state index in [4.69, 9.17) is 27.4 Å². The fourth-order valence-corrected chi connectivity index (χ4v) is 3.09. The molecule has 3 amide bonds. The quantitative estimate of drug-likeness (QED) is 0.0640. The average molecular weight is 510 g/mol. The topological polar surface area (TPSA) is 255 Å². The number of carbonyl (C=O) groups is 4. The second-order valence-electron chi connectivity index (χ2n) is 8.12. The fourth-order valence-electron chi connectivity index (χ4n) is 3.09. The third-order valence-electron chi connectivity index (χ3n) is 5.08. The van der Waals surface area contributed by atoms with Crippen molar-refractivity contribution in [3.63, 3.8) is 0 Å². The molecule has 200 valence electrons. The number of hydrogen-bond donors (Lipinski definition) is 9. The number of nitrogens with one attached hydrogen (secondary N) is 3. The van der Waals surface area contributed by atoms with Gasteiger partial charge >= 0.3 is 5.97 Å². The Morgan fingerprint density at radius 1 is 0.972 bits per heavy atom. The standard InChI is InChI=1S/C22H35N7O7/c1-12(31)17(20(34)28-16(11-30)21(35)36)29-19(33)15(10-13-6-3-2-4-7-13)27-18(32)14(23)8-5-9-26-22(24)25/h2-4,6-7,12,14-17,30-31H,5,8-11,23H2,1H3,(H,27,32)(H,28,34)(H,29,33)(H,35,36)(H4,24,25,26). The van der Waals surface area contributed by atoms with Gasteiger partial charge in [0.1, 0.15) is 18.1 Å². The van der Waals surface area contributed by atoms with Crippen molar-refractivity contribution in [2.45, 2.75) is 56.5 Å². The van der Waals surface area contributed by atoms with Crippen LogP contribution in [0, 0.1) is 0 Å². The Morgan fingerprint density at radius 3 is 2.11 bits per heavy atom. The fraction of sp³-hybridized carbons (Fsp3) is 0.500. The number of hydrogen-bond acceptors (Lipinski definition) is 8. The highest BCUT2D eigenvalue weighted by Gasteiger charge is 2.32. The highest BCUT2D eigenvalue weighted by molar-refractivity contribution is 5.94.